The van der Waals surface area contributed by atoms with Gasteiger partial charge in [0, 0.05) is 0 Å². The fourth-order valence-electron chi connectivity index (χ4n) is 1.63. The van der Waals surface area contributed by atoms with Crippen molar-refractivity contribution in [3.05, 3.63) is 35.9 Å². The first-order chi connectivity index (χ1) is 8.82. The van der Waals surface area contributed by atoms with Crippen LogP contribution in [0.15, 0.2) is 30.3 Å². The Kier molecular flexibility index (Phi) is 4.90. The number of alkyl halides is 3. The lowest BCUT2D eigenvalue weighted by molar-refractivity contribution is -0.182. The molecule has 0 amide bonds. The molecule has 0 heterocycles. The molecule has 1 aromatic rings. The van der Waals surface area contributed by atoms with Gasteiger partial charge in [-0.3, -0.25) is 5.32 Å². The third-order valence-corrected chi connectivity index (χ3v) is 2.64. The predicted molar refractivity (Wildman–Crippen MR) is 61.7 cm³/mol. The SMILES string of the molecule is CNC(COCC(F)(F)F)(C(=O)O)c1ccccc1. The van der Waals surface area contributed by atoms with Crippen LogP contribution in [-0.2, 0) is 15.1 Å². The minimum absolute atomic E-state index is 0.326. The fourth-order valence-corrected chi connectivity index (χ4v) is 1.63. The number of benzene rings is 1. The monoisotopic (exact) mass is 277 g/mol. The van der Waals surface area contributed by atoms with Crippen molar-refractivity contribution >= 4 is 5.97 Å². The van der Waals surface area contributed by atoms with Crippen LogP contribution < -0.4 is 5.32 Å². The normalized spacial score (nSPS) is 14.9. The largest absolute Gasteiger partial charge is 0.480 e. The van der Waals surface area contributed by atoms with E-state index in [1.54, 1.807) is 18.2 Å². The lowest BCUT2D eigenvalue weighted by Gasteiger charge is -2.29. The van der Waals surface area contributed by atoms with Gasteiger partial charge in [-0.2, -0.15) is 13.2 Å². The molecule has 0 aliphatic heterocycles. The number of aliphatic carboxylic acids is 1. The van der Waals surface area contributed by atoms with Crippen molar-refractivity contribution in [3.63, 3.8) is 0 Å². The van der Waals surface area contributed by atoms with Crippen molar-refractivity contribution in [2.75, 3.05) is 20.3 Å². The molecule has 1 unspecified atom stereocenters. The Bertz CT molecular complexity index is 422. The van der Waals surface area contributed by atoms with E-state index < -0.39 is 30.9 Å². The van der Waals surface area contributed by atoms with Gasteiger partial charge in [0.1, 0.15) is 6.61 Å². The maximum Gasteiger partial charge on any atom is 0.411 e. The molecule has 0 aromatic heterocycles. The van der Waals surface area contributed by atoms with E-state index in [-0.39, 0.29) is 0 Å². The summed E-state index contributed by atoms with van der Waals surface area (Å²) in [6.45, 7) is -2.11. The third kappa shape index (κ3) is 3.93. The van der Waals surface area contributed by atoms with E-state index in [2.05, 4.69) is 10.1 Å². The van der Waals surface area contributed by atoms with Gasteiger partial charge in [-0.05, 0) is 12.6 Å². The molecule has 0 radical (unpaired) electrons. The summed E-state index contributed by atoms with van der Waals surface area (Å²) in [7, 11) is 1.36. The second-order valence-corrected chi connectivity index (χ2v) is 3.93. The third-order valence-electron chi connectivity index (χ3n) is 2.64. The van der Waals surface area contributed by atoms with Crippen LogP contribution in [0.25, 0.3) is 0 Å². The quantitative estimate of drug-likeness (QED) is 0.832. The first kappa shape index (κ1) is 15.5. The van der Waals surface area contributed by atoms with Crippen LogP contribution in [0.2, 0.25) is 0 Å². The molecule has 0 spiro atoms. The number of hydrogen-bond donors (Lipinski definition) is 2. The number of ether oxygens (including phenoxy) is 1. The van der Waals surface area contributed by atoms with E-state index in [0.717, 1.165) is 0 Å². The van der Waals surface area contributed by atoms with Gasteiger partial charge in [0.2, 0.25) is 0 Å². The van der Waals surface area contributed by atoms with E-state index in [1.807, 2.05) is 0 Å². The number of carbonyl (C=O) groups is 1. The van der Waals surface area contributed by atoms with Gasteiger partial charge < -0.3 is 9.84 Å². The summed E-state index contributed by atoms with van der Waals surface area (Å²) in [6.07, 6.45) is -4.49. The molecule has 2 N–H and O–H groups in total. The summed E-state index contributed by atoms with van der Waals surface area (Å²) in [5, 5.41) is 11.8. The van der Waals surface area contributed by atoms with E-state index in [4.69, 9.17) is 0 Å². The minimum Gasteiger partial charge on any atom is -0.480 e. The molecular weight excluding hydrogens is 263 g/mol. The summed E-state index contributed by atoms with van der Waals surface area (Å²) in [5.41, 5.74) is -1.38. The average Bonchev–Trinajstić information content (AvgIpc) is 2.34. The molecular formula is C12H14F3NO3. The number of hydrogen-bond acceptors (Lipinski definition) is 3. The van der Waals surface area contributed by atoms with Crippen molar-refractivity contribution in [3.8, 4) is 0 Å². The molecule has 0 aliphatic carbocycles. The van der Waals surface area contributed by atoms with Gasteiger partial charge in [-0.1, -0.05) is 30.3 Å². The van der Waals surface area contributed by atoms with Crippen LogP contribution in [-0.4, -0.2) is 37.5 Å². The number of halogens is 3. The average molecular weight is 277 g/mol. The van der Waals surface area contributed by atoms with E-state index in [0.29, 0.717) is 5.56 Å². The zero-order chi connectivity index (χ0) is 14.5. The Balaban J connectivity index is 2.92. The number of rotatable bonds is 6. The van der Waals surface area contributed by atoms with Crippen molar-refractivity contribution < 1.29 is 27.8 Å². The molecule has 7 heteroatoms. The van der Waals surface area contributed by atoms with E-state index in [1.165, 1.54) is 19.2 Å². The molecule has 19 heavy (non-hydrogen) atoms. The Morgan fingerprint density at radius 3 is 2.26 bits per heavy atom. The number of likely N-dealkylation sites (N-methyl/N-ethyl adjacent to an activating group) is 1. The van der Waals surface area contributed by atoms with Crippen LogP contribution >= 0.6 is 0 Å². The van der Waals surface area contributed by atoms with Crippen molar-refractivity contribution in [2.45, 2.75) is 11.7 Å². The molecule has 106 valence electrons. The molecule has 1 aromatic carbocycles. The lowest BCUT2D eigenvalue weighted by atomic mass is 9.91. The van der Waals surface area contributed by atoms with E-state index in [9.17, 15) is 23.1 Å². The second-order valence-electron chi connectivity index (χ2n) is 3.93. The van der Waals surface area contributed by atoms with Crippen molar-refractivity contribution in [1.29, 1.82) is 0 Å². The first-order valence-corrected chi connectivity index (χ1v) is 5.44. The van der Waals surface area contributed by atoms with Gasteiger partial charge in [0.05, 0.1) is 6.61 Å². The lowest BCUT2D eigenvalue weighted by Crippen LogP contribution is -2.51. The van der Waals surface area contributed by atoms with Gasteiger partial charge in [0.15, 0.2) is 5.54 Å². The zero-order valence-corrected chi connectivity index (χ0v) is 10.2. The van der Waals surface area contributed by atoms with E-state index >= 15 is 0 Å². The van der Waals surface area contributed by atoms with Crippen molar-refractivity contribution in [1.82, 2.24) is 5.32 Å². The highest BCUT2D eigenvalue weighted by Gasteiger charge is 2.40. The van der Waals surface area contributed by atoms with Gasteiger partial charge >= 0.3 is 12.1 Å². The molecule has 0 saturated heterocycles. The maximum atomic E-state index is 12.0. The minimum atomic E-state index is -4.49. The highest BCUT2D eigenvalue weighted by atomic mass is 19.4. The maximum absolute atomic E-state index is 12.0. The number of carboxylic acid groups (broad SMARTS) is 1. The first-order valence-electron chi connectivity index (χ1n) is 5.44. The summed E-state index contributed by atoms with van der Waals surface area (Å²) >= 11 is 0. The molecule has 0 bridgehead atoms. The van der Waals surface area contributed by atoms with Crippen LogP contribution in [0.3, 0.4) is 0 Å². The summed E-state index contributed by atoms with van der Waals surface area (Å²) < 4.78 is 40.6. The summed E-state index contributed by atoms with van der Waals surface area (Å²) in [5.74, 6) is -1.30. The molecule has 0 saturated carbocycles. The standard InChI is InChI=1S/C12H14F3NO3/c1-16-11(10(17)18,7-19-8-12(13,14)15)9-5-3-2-4-6-9/h2-6,16H,7-8H2,1H3,(H,17,18). The molecule has 1 atom stereocenters. The highest BCUT2D eigenvalue weighted by molar-refractivity contribution is 5.81. The Labute approximate surface area is 108 Å². The van der Waals surface area contributed by atoms with Gasteiger partial charge in [-0.25, -0.2) is 4.79 Å². The summed E-state index contributed by atoms with van der Waals surface area (Å²) in [4.78, 5) is 11.4. The highest BCUT2D eigenvalue weighted by Crippen LogP contribution is 2.23. The van der Waals surface area contributed by atoms with Crippen LogP contribution in [0.5, 0.6) is 0 Å². The fraction of sp³-hybridized carbons (Fsp3) is 0.417. The topological polar surface area (TPSA) is 58.6 Å². The van der Waals surface area contributed by atoms with Crippen LogP contribution in [0.1, 0.15) is 5.56 Å². The van der Waals surface area contributed by atoms with Gasteiger partial charge in [0.25, 0.3) is 0 Å². The smallest absolute Gasteiger partial charge is 0.411 e. The molecule has 4 nitrogen and oxygen atoms in total. The zero-order valence-electron chi connectivity index (χ0n) is 10.2. The Morgan fingerprint density at radius 2 is 1.84 bits per heavy atom. The second kappa shape index (κ2) is 6.03. The predicted octanol–water partition coefficient (Wildman–Crippen LogP) is 1.76. The van der Waals surface area contributed by atoms with Crippen LogP contribution in [0.4, 0.5) is 13.2 Å². The molecule has 1 rings (SSSR count). The summed E-state index contributed by atoms with van der Waals surface area (Å²) in [6, 6.07) is 7.92. The number of carboxylic acids is 1. The van der Waals surface area contributed by atoms with Crippen LogP contribution in [0, 0.1) is 0 Å². The van der Waals surface area contributed by atoms with Crippen molar-refractivity contribution in [2.24, 2.45) is 0 Å². The molecule has 0 aliphatic rings. The number of nitrogens with one attached hydrogen (secondary N) is 1. The Hall–Kier alpha value is -1.60. The molecule has 0 fully saturated rings. The Morgan fingerprint density at radius 1 is 1.26 bits per heavy atom. The van der Waals surface area contributed by atoms with Gasteiger partial charge in [-0.15, -0.1) is 0 Å².